The van der Waals surface area contributed by atoms with Crippen molar-refractivity contribution in [3.63, 3.8) is 0 Å². The molecule has 1 aromatic rings. The van der Waals surface area contributed by atoms with Crippen LogP contribution in [0.5, 0.6) is 0 Å². The average molecular weight is 292 g/mol. The molecule has 1 saturated carbocycles. The Labute approximate surface area is 123 Å². The van der Waals surface area contributed by atoms with Crippen molar-refractivity contribution in [2.45, 2.75) is 44.3 Å². The van der Waals surface area contributed by atoms with E-state index >= 15 is 0 Å². The molecule has 5 heteroatoms. The van der Waals surface area contributed by atoms with Crippen LogP contribution in [0.15, 0.2) is 24.3 Å². The minimum absolute atomic E-state index is 0.0859. The normalized spacial score (nSPS) is 17.0. The van der Waals surface area contributed by atoms with Crippen LogP contribution in [-0.4, -0.2) is 29.8 Å². The van der Waals surface area contributed by atoms with Crippen molar-refractivity contribution < 1.29 is 24.2 Å². The molecule has 0 bridgehead atoms. The molecule has 1 fully saturated rings. The summed E-state index contributed by atoms with van der Waals surface area (Å²) in [6.45, 7) is 0.0859. The van der Waals surface area contributed by atoms with E-state index in [2.05, 4.69) is 4.74 Å². The highest BCUT2D eigenvalue weighted by Gasteiger charge is 2.38. The molecule has 0 amide bonds. The molecular formula is C16H20O5. The van der Waals surface area contributed by atoms with Crippen LogP contribution in [0.3, 0.4) is 0 Å². The first-order chi connectivity index (χ1) is 10.0. The minimum Gasteiger partial charge on any atom is -0.465 e. The fourth-order valence-electron chi connectivity index (χ4n) is 2.48. The zero-order chi connectivity index (χ0) is 15.3. The molecule has 1 N–H and O–H groups in total. The largest absolute Gasteiger partial charge is 0.465 e. The fourth-order valence-corrected chi connectivity index (χ4v) is 2.48. The maximum atomic E-state index is 12.0. The van der Waals surface area contributed by atoms with Gasteiger partial charge in [0.05, 0.1) is 12.7 Å². The topological polar surface area (TPSA) is 72.8 Å². The van der Waals surface area contributed by atoms with Gasteiger partial charge in [-0.25, -0.2) is 9.59 Å². The number of benzene rings is 1. The molecule has 5 nitrogen and oxygen atoms in total. The lowest BCUT2D eigenvalue weighted by Gasteiger charge is -2.29. The van der Waals surface area contributed by atoms with Crippen LogP contribution in [0.2, 0.25) is 0 Å². The van der Waals surface area contributed by atoms with Gasteiger partial charge in [0.25, 0.3) is 0 Å². The summed E-state index contributed by atoms with van der Waals surface area (Å²) in [6, 6.07) is 6.63. The molecule has 0 spiro atoms. The summed E-state index contributed by atoms with van der Waals surface area (Å²) in [7, 11) is 1.32. The molecule has 0 aliphatic heterocycles. The summed E-state index contributed by atoms with van der Waals surface area (Å²) in [6.07, 6.45) is 3.67. The lowest BCUT2D eigenvalue weighted by molar-refractivity contribution is -0.170. The molecule has 2 rings (SSSR count). The van der Waals surface area contributed by atoms with Crippen molar-refractivity contribution in [1.29, 1.82) is 0 Å². The van der Waals surface area contributed by atoms with Gasteiger partial charge < -0.3 is 14.6 Å². The summed E-state index contributed by atoms with van der Waals surface area (Å²) in [5.74, 6) is -0.964. The van der Waals surface area contributed by atoms with E-state index in [-0.39, 0.29) is 6.61 Å². The first-order valence-electron chi connectivity index (χ1n) is 7.12. The summed E-state index contributed by atoms with van der Waals surface area (Å²) < 4.78 is 9.80. The van der Waals surface area contributed by atoms with Gasteiger partial charge in [-0.1, -0.05) is 18.6 Å². The van der Waals surface area contributed by atoms with Crippen molar-refractivity contribution in [1.82, 2.24) is 0 Å². The lowest BCUT2D eigenvalue weighted by Crippen LogP contribution is -2.41. The number of esters is 2. The Morgan fingerprint density at radius 1 is 1.14 bits per heavy atom. The number of carbonyl (C=O) groups excluding carboxylic acids is 2. The van der Waals surface area contributed by atoms with Crippen molar-refractivity contribution in [3.8, 4) is 0 Å². The van der Waals surface area contributed by atoms with Gasteiger partial charge in [-0.15, -0.1) is 0 Å². The quantitative estimate of drug-likeness (QED) is 0.861. The molecule has 1 aromatic carbocycles. The van der Waals surface area contributed by atoms with E-state index in [0.717, 1.165) is 24.8 Å². The number of rotatable bonds is 4. The van der Waals surface area contributed by atoms with Crippen LogP contribution >= 0.6 is 0 Å². The second-order valence-electron chi connectivity index (χ2n) is 5.36. The third-order valence-corrected chi connectivity index (χ3v) is 3.81. The van der Waals surface area contributed by atoms with Crippen LogP contribution < -0.4 is 0 Å². The van der Waals surface area contributed by atoms with Gasteiger partial charge in [-0.05, 0) is 43.4 Å². The molecule has 0 radical (unpaired) electrons. The molecule has 0 atom stereocenters. The van der Waals surface area contributed by atoms with Gasteiger partial charge in [0, 0.05) is 0 Å². The Balaban J connectivity index is 1.90. The molecule has 21 heavy (non-hydrogen) atoms. The minimum atomic E-state index is -1.33. The number of carbonyl (C=O) groups is 2. The van der Waals surface area contributed by atoms with E-state index < -0.39 is 17.5 Å². The second-order valence-corrected chi connectivity index (χ2v) is 5.36. The highest BCUT2D eigenvalue weighted by molar-refractivity contribution is 5.89. The van der Waals surface area contributed by atoms with E-state index in [1.54, 1.807) is 24.3 Å². The van der Waals surface area contributed by atoms with E-state index in [1.807, 2.05) is 0 Å². The fraction of sp³-hybridized carbons (Fsp3) is 0.500. The number of ether oxygens (including phenoxy) is 2. The number of aliphatic hydroxyl groups is 1. The van der Waals surface area contributed by atoms with Crippen molar-refractivity contribution in [2.24, 2.45) is 0 Å². The van der Waals surface area contributed by atoms with Crippen molar-refractivity contribution in [2.75, 3.05) is 7.11 Å². The molecular weight excluding hydrogens is 272 g/mol. The zero-order valence-corrected chi connectivity index (χ0v) is 12.1. The van der Waals surface area contributed by atoms with E-state index in [0.29, 0.717) is 18.4 Å². The van der Waals surface area contributed by atoms with Crippen molar-refractivity contribution >= 4 is 11.9 Å². The smallest absolute Gasteiger partial charge is 0.338 e. The summed E-state index contributed by atoms with van der Waals surface area (Å²) in [5, 5.41) is 10.2. The Bertz CT molecular complexity index is 500. The highest BCUT2D eigenvalue weighted by Crippen LogP contribution is 2.29. The van der Waals surface area contributed by atoms with E-state index in [1.165, 1.54) is 7.11 Å². The maximum Gasteiger partial charge on any atom is 0.338 e. The maximum absolute atomic E-state index is 12.0. The molecule has 0 unspecified atom stereocenters. The van der Waals surface area contributed by atoms with Gasteiger partial charge in [0.2, 0.25) is 0 Å². The van der Waals surface area contributed by atoms with E-state index in [9.17, 15) is 14.7 Å². The molecule has 1 aliphatic rings. The summed E-state index contributed by atoms with van der Waals surface area (Å²) in [4.78, 5) is 23.3. The third kappa shape index (κ3) is 3.82. The van der Waals surface area contributed by atoms with Crippen LogP contribution in [0.25, 0.3) is 0 Å². The molecule has 1 aliphatic carbocycles. The SMILES string of the molecule is COC(=O)c1ccc(COC(=O)C2(O)CCCCC2)cc1. The number of hydrogen-bond acceptors (Lipinski definition) is 5. The Kier molecular flexibility index (Phi) is 4.96. The molecule has 0 saturated heterocycles. The third-order valence-electron chi connectivity index (χ3n) is 3.81. The van der Waals surface area contributed by atoms with Crippen LogP contribution in [0.1, 0.15) is 48.0 Å². The standard InChI is InChI=1S/C16H20O5/c1-20-14(17)13-7-5-12(6-8-13)11-21-15(18)16(19)9-3-2-4-10-16/h5-8,19H,2-4,9-11H2,1H3. The number of methoxy groups -OCH3 is 1. The first kappa shape index (κ1) is 15.5. The molecule has 0 aromatic heterocycles. The van der Waals surface area contributed by atoms with E-state index in [4.69, 9.17) is 4.74 Å². The predicted octanol–water partition coefficient (Wildman–Crippen LogP) is 2.21. The zero-order valence-electron chi connectivity index (χ0n) is 12.1. The van der Waals surface area contributed by atoms with Gasteiger partial charge in [-0.2, -0.15) is 0 Å². The second kappa shape index (κ2) is 6.72. The first-order valence-corrected chi connectivity index (χ1v) is 7.12. The summed E-state index contributed by atoms with van der Waals surface area (Å²) >= 11 is 0. The Morgan fingerprint density at radius 3 is 2.33 bits per heavy atom. The van der Waals surface area contributed by atoms with Crippen LogP contribution in [0.4, 0.5) is 0 Å². The molecule has 114 valence electrons. The lowest BCUT2D eigenvalue weighted by atomic mass is 9.85. The van der Waals surface area contributed by atoms with Crippen molar-refractivity contribution in [3.05, 3.63) is 35.4 Å². The van der Waals surface area contributed by atoms with Gasteiger partial charge >= 0.3 is 11.9 Å². The number of hydrogen-bond donors (Lipinski definition) is 1. The van der Waals surface area contributed by atoms with Gasteiger partial charge in [0.15, 0.2) is 5.60 Å². The van der Waals surface area contributed by atoms with Gasteiger partial charge in [0.1, 0.15) is 6.61 Å². The molecule has 0 heterocycles. The summed E-state index contributed by atoms with van der Waals surface area (Å²) in [5.41, 5.74) is -0.126. The predicted molar refractivity (Wildman–Crippen MR) is 75.6 cm³/mol. The Morgan fingerprint density at radius 2 is 1.76 bits per heavy atom. The average Bonchev–Trinajstić information content (AvgIpc) is 2.53. The van der Waals surface area contributed by atoms with Crippen LogP contribution in [0, 0.1) is 0 Å². The van der Waals surface area contributed by atoms with Crippen LogP contribution in [-0.2, 0) is 20.9 Å². The Hall–Kier alpha value is -1.88. The van der Waals surface area contributed by atoms with Gasteiger partial charge in [-0.3, -0.25) is 0 Å². The highest BCUT2D eigenvalue weighted by atomic mass is 16.5. The monoisotopic (exact) mass is 292 g/mol.